The molecule has 1 aliphatic carbocycles. The molecule has 0 aromatic heterocycles. The molecule has 3 heteroatoms. The molecule has 1 aromatic carbocycles. The van der Waals surface area contributed by atoms with Gasteiger partial charge in [0.05, 0.1) is 19.1 Å². The van der Waals surface area contributed by atoms with Gasteiger partial charge in [-0.25, -0.2) is 0 Å². The molecule has 16 heavy (non-hydrogen) atoms. The first-order valence-electron chi connectivity index (χ1n) is 5.63. The van der Waals surface area contributed by atoms with E-state index in [2.05, 4.69) is 0 Å². The Kier molecular flexibility index (Phi) is 1.96. The Hall–Kier alpha value is -1.51. The number of rotatable bonds is 1. The number of hydrogen-bond acceptors (Lipinski definition) is 3. The summed E-state index contributed by atoms with van der Waals surface area (Å²) in [5, 5.41) is 0. The molecule has 3 nitrogen and oxygen atoms in total. The van der Waals surface area contributed by atoms with E-state index in [-0.39, 0.29) is 11.4 Å². The van der Waals surface area contributed by atoms with E-state index in [1.54, 1.807) is 13.2 Å². The van der Waals surface area contributed by atoms with Crippen molar-refractivity contribution in [1.29, 1.82) is 0 Å². The van der Waals surface area contributed by atoms with Gasteiger partial charge in [-0.3, -0.25) is 4.79 Å². The van der Waals surface area contributed by atoms with E-state index in [1.807, 2.05) is 12.1 Å². The molecule has 1 fully saturated rings. The van der Waals surface area contributed by atoms with E-state index in [4.69, 9.17) is 9.47 Å². The zero-order valence-electron chi connectivity index (χ0n) is 9.29. The largest absolute Gasteiger partial charge is 0.497 e. The summed E-state index contributed by atoms with van der Waals surface area (Å²) in [6, 6.07) is 5.44. The van der Waals surface area contributed by atoms with Gasteiger partial charge in [-0.1, -0.05) is 0 Å². The van der Waals surface area contributed by atoms with Crippen molar-refractivity contribution in [1.82, 2.24) is 0 Å². The van der Waals surface area contributed by atoms with Crippen LogP contribution in [0, 0.1) is 0 Å². The second-order valence-corrected chi connectivity index (χ2v) is 4.60. The minimum Gasteiger partial charge on any atom is -0.497 e. The predicted molar refractivity (Wildman–Crippen MR) is 59.2 cm³/mol. The van der Waals surface area contributed by atoms with Crippen LogP contribution in [-0.2, 0) is 0 Å². The highest BCUT2D eigenvalue weighted by atomic mass is 16.5. The Labute approximate surface area is 94.4 Å². The third-order valence-electron chi connectivity index (χ3n) is 3.56. The van der Waals surface area contributed by atoms with Crippen molar-refractivity contribution in [3.8, 4) is 11.5 Å². The third kappa shape index (κ3) is 1.31. The van der Waals surface area contributed by atoms with E-state index in [1.165, 1.54) is 6.42 Å². The molecule has 0 bridgehead atoms. The van der Waals surface area contributed by atoms with Crippen molar-refractivity contribution >= 4 is 5.78 Å². The minimum atomic E-state index is -0.182. The van der Waals surface area contributed by atoms with Crippen LogP contribution in [0.1, 0.15) is 36.0 Å². The van der Waals surface area contributed by atoms with Crippen molar-refractivity contribution in [3.05, 3.63) is 23.8 Å². The van der Waals surface area contributed by atoms with E-state index in [0.29, 0.717) is 17.7 Å². The normalized spacial score (nSPS) is 20.9. The fourth-order valence-electron chi connectivity index (χ4n) is 2.45. The summed E-state index contributed by atoms with van der Waals surface area (Å²) in [4.78, 5) is 12.0. The van der Waals surface area contributed by atoms with Gasteiger partial charge in [-0.15, -0.1) is 0 Å². The maximum Gasteiger partial charge on any atom is 0.170 e. The number of hydrogen-bond donors (Lipinski definition) is 0. The van der Waals surface area contributed by atoms with Crippen molar-refractivity contribution in [2.45, 2.75) is 31.3 Å². The summed E-state index contributed by atoms with van der Waals surface area (Å²) >= 11 is 0. The first-order valence-corrected chi connectivity index (χ1v) is 5.63. The van der Waals surface area contributed by atoms with Gasteiger partial charge < -0.3 is 9.47 Å². The molecule has 0 radical (unpaired) electrons. The second-order valence-electron chi connectivity index (χ2n) is 4.60. The quantitative estimate of drug-likeness (QED) is 0.726. The van der Waals surface area contributed by atoms with Gasteiger partial charge in [-0.05, 0) is 37.5 Å². The summed E-state index contributed by atoms with van der Waals surface area (Å²) in [7, 11) is 1.60. The van der Waals surface area contributed by atoms with Crippen molar-refractivity contribution in [2.24, 2.45) is 0 Å². The lowest BCUT2D eigenvalue weighted by molar-refractivity contribution is -0.0177. The lowest BCUT2D eigenvalue weighted by Gasteiger charge is -2.44. The molecular formula is C13H14O3. The van der Waals surface area contributed by atoms with Gasteiger partial charge in [-0.2, -0.15) is 0 Å². The highest BCUT2D eigenvalue weighted by Gasteiger charge is 2.45. The van der Waals surface area contributed by atoms with Crippen LogP contribution in [0.4, 0.5) is 0 Å². The summed E-state index contributed by atoms with van der Waals surface area (Å²) < 4.78 is 11.1. The van der Waals surface area contributed by atoms with E-state index in [9.17, 15) is 4.79 Å². The van der Waals surface area contributed by atoms with Crippen molar-refractivity contribution in [2.75, 3.05) is 7.11 Å². The van der Waals surface area contributed by atoms with E-state index in [0.717, 1.165) is 18.6 Å². The van der Waals surface area contributed by atoms with Crippen LogP contribution in [0.15, 0.2) is 18.2 Å². The minimum absolute atomic E-state index is 0.180. The Balaban J connectivity index is 2.00. The maximum absolute atomic E-state index is 12.0. The van der Waals surface area contributed by atoms with Gasteiger partial charge in [0.15, 0.2) is 5.78 Å². The van der Waals surface area contributed by atoms with Crippen LogP contribution >= 0.6 is 0 Å². The standard InChI is InChI=1S/C13H14O3/c1-15-9-3-4-12-10(7-9)11(14)8-13(16-12)5-2-6-13/h3-4,7H,2,5-6,8H2,1H3. The van der Waals surface area contributed by atoms with Crippen LogP contribution in [0.2, 0.25) is 0 Å². The number of carbonyl (C=O) groups excluding carboxylic acids is 1. The molecule has 0 unspecified atom stereocenters. The lowest BCUT2D eigenvalue weighted by atomic mass is 9.74. The van der Waals surface area contributed by atoms with Gasteiger partial charge in [0.1, 0.15) is 17.1 Å². The van der Waals surface area contributed by atoms with E-state index < -0.39 is 0 Å². The molecule has 1 aliphatic heterocycles. The number of ketones is 1. The van der Waals surface area contributed by atoms with Crippen molar-refractivity contribution in [3.63, 3.8) is 0 Å². The van der Waals surface area contributed by atoms with Gasteiger partial charge in [0.25, 0.3) is 0 Å². The molecule has 1 spiro atoms. The fraction of sp³-hybridized carbons (Fsp3) is 0.462. The molecule has 1 aromatic rings. The lowest BCUT2D eigenvalue weighted by Crippen LogP contribution is -2.47. The average Bonchev–Trinajstić information content (AvgIpc) is 2.26. The SMILES string of the molecule is COc1ccc2c(c1)C(=O)CC1(CCC1)O2. The van der Waals surface area contributed by atoms with Crippen LogP contribution in [-0.4, -0.2) is 18.5 Å². The first kappa shape index (κ1) is 9.70. The van der Waals surface area contributed by atoms with Crippen LogP contribution in [0.3, 0.4) is 0 Å². The molecule has 0 atom stereocenters. The third-order valence-corrected chi connectivity index (χ3v) is 3.56. The molecule has 0 saturated heterocycles. The van der Waals surface area contributed by atoms with Gasteiger partial charge >= 0.3 is 0 Å². The average molecular weight is 218 g/mol. The summed E-state index contributed by atoms with van der Waals surface area (Å²) in [6.45, 7) is 0. The van der Waals surface area contributed by atoms with Gasteiger partial charge in [0.2, 0.25) is 0 Å². The Morgan fingerprint density at radius 2 is 2.19 bits per heavy atom. The number of methoxy groups -OCH3 is 1. The fourth-order valence-corrected chi connectivity index (χ4v) is 2.45. The monoisotopic (exact) mass is 218 g/mol. The smallest absolute Gasteiger partial charge is 0.170 e. The topological polar surface area (TPSA) is 35.5 Å². The van der Waals surface area contributed by atoms with Crippen LogP contribution in [0.25, 0.3) is 0 Å². The molecule has 2 aliphatic rings. The number of carbonyl (C=O) groups is 1. The first-order chi connectivity index (χ1) is 7.72. The highest BCUT2D eigenvalue weighted by Crippen LogP contribution is 2.45. The van der Waals surface area contributed by atoms with Crippen LogP contribution in [0.5, 0.6) is 11.5 Å². The molecular weight excluding hydrogens is 204 g/mol. The molecule has 84 valence electrons. The highest BCUT2D eigenvalue weighted by molar-refractivity contribution is 6.00. The Morgan fingerprint density at radius 1 is 1.38 bits per heavy atom. The van der Waals surface area contributed by atoms with Crippen molar-refractivity contribution < 1.29 is 14.3 Å². The molecule has 1 heterocycles. The zero-order chi connectivity index (χ0) is 11.2. The summed E-state index contributed by atoms with van der Waals surface area (Å²) in [5.41, 5.74) is 0.482. The summed E-state index contributed by atoms with van der Waals surface area (Å²) in [6.07, 6.45) is 3.69. The molecule has 0 N–H and O–H groups in total. The maximum atomic E-state index is 12.0. The van der Waals surface area contributed by atoms with Gasteiger partial charge in [0, 0.05) is 0 Å². The molecule has 1 saturated carbocycles. The zero-order valence-corrected chi connectivity index (χ0v) is 9.29. The second kappa shape index (κ2) is 3.24. The number of fused-ring (bicyclic) bond motifs is 1. The number of benzene rings is 1. The molecule has 0 amide bonds. The Bertz CT molecular complexity index is 446. The molecule has 3 rings (SSSR count). The number of Topliss-reactive ketones (excluding diaryl/α,β-unsaturated/α-hetero) is 1. The summed E-state index contributed by atoms with van der Waals surface area (Å²) in [5.74, 6) is 1.61. The predicted octanol–water partition coefficient (Wildman–Crippen LogP) is 2.58. The Morgan fingerprint density at radius 3 is 2.81 bits per heavy atom. The van der Waals surface area contributed by atoms with Crippen LogP contribution < -0.4 is 9.47 Å². The number of ether oxygens (including phenoxy) is 2. The van der Waals surface area contributed by atoms with E-state index >= 15 is 0 Å².